The molecule has 4 aromatic rings. The Hall–Kier alpha value is -2.89. The lowest BCUT2D eigenvalue weighted by Crippen LogP contribution is -2.45. The van der Waals surface area contributed by atoms with Gasteiger partial charge in [-0.1, -0.05) is 72.7 Å². The van der Waals surface area contributed by atoms with Crippen LogP contribution in [0.25, 0.3) is 32.6 Å². The van der Waals surface area contributed by atoms with Crippen molar-refractivity contribution in [3.05, 3.63) is 63.7 Å². The van der Waals surface area contributed by atoms with Crippen LogP contribution in [0.3, 0.4) is 0 Å². The number of aliphatic hydroxyl groups is 1. The van der Waals surface area contributed by atoms with Gasteiger partial charge in [0.05, 0.1) is 15.8 Å². The Kier molecular flexibility index (Phi) is 5.20. The maximum Gasteiger partial charge on any atom is 0.227 e. The number of ether oxygens (including phenoxy) is 1. The molecule has 5 heteroatoms. The summed E-state index contributed by atoms with van der Waals surface area (Å²) >= 11 is 1.65. The fraction of sp³-hybridized carbons (Fsp3) is 0.441. The van der Waals surface area contributed by atoms with E-state index in [-0.39, 0.29) is 16.2 Å². The Labute approximate surface area is 235 Å². The number of rotatable bonds is 1. The number of nitrogens with zero attached hydrogens (tertiary/aromatic N) is 2. The summed E-state index contributed by atoms with van der Waals surface area (Å²) in [6, 6.07) is 13.4. The zero-order valence-electron chi connectivity index (χ0n) is 24.1. The molecule has 202 valence electrons. The molecule has 1 unspecified atom stereocenters. The third-order valence-electron chi connectivity index (χ3n) is 9.31. The minimum absolute atomic E-state index is 0.0227. The average Bonchev–Trinajstić information content (AvgIpc) is 3.30. The zero-order chi connectivity index (χ0) is 27.5. The molecule has 7 rings (SSSR count). The standard InChI is InChI=1S/C34H38N2O2S/c1-32(2,3)21-9-10-22-19(16-21)8-11-25-29(22)39-30(35-25)23-17-20-18-24-27-26(28(20)38-31(23)37)34(6,7)13-15-36(27)14-12-33(24,4)5/h8-11,16-18,31,37H,12-15H2,1-7H3. The summed E-state index contributed by atoms with van der Waals surface area (Å²) in [7, 11) is 0. The lowest BCUT2D eigenvalue weighted by atomic mass is 9.68. The van der Waals surface area contributed by atoms with Crippen LogP contribution in [0.5, 0.6) is 5.75 Å². The lowest BCUT2D eigenvalue weighted by molar-refractivity contribution is 0.0301. The zero-order valence-corrected chi connectivity index (χ0v) is 24.9. The molecule has 39 heavy (non-hydrogen) atoms. The van der Waals surface area contributed by atoms with Crippen LogP contribution in [0, 0.1) is 0 Å². The number of aliphatic hydroxyl groups excluding tert-OH is 1. The second-order valence-corrected chi connectivity index (χ2v) is 15.0. The summed E-state index contributed by atoms with van der Waals surface area (Å²) in [5.74, 6) is 0.846. The lowest BCUT2D eigenvalue weighted by Gasteiger charge is -2.49. The van der Waals surface area contributed by atoms with Crippen molar-refractivity contribution >= 4 is 49.7 Å². The normalized spacial score (nSPS) is 21.4. The van der Waals surface area contributed by atoms with Crippen molar-refractivity contribution in [1.82, 2.24) is 4.98 Å². The van der Waals surface area contributed by atoms with Gasteiger partial charge in [-0.3, -0.25) is 0 Å². The van der Waals surface area contributed by atoms with Gasteiger partial charge in [0.1, 0.15) is 10.8 Å². The van der Waals surface area contributed by atoms with Gasteiger partial charge in [-0.05, 0) is 63.8 Å². The second-order valence-electron chi connectivity index (χ2n) is 14.0. The fourth-order valence-corrected chi connectivity index (χ4v) is 7.82. The van der Waals surface area contributed by atoms with Crippen LogP contribution in [0.1, 0.15) is 88.6 Å². The number of benzene rings is 3. The van der Waals surface area contributed by atoms with E-state index in [4.69, 9.17) is 9.72 Å². The Morgan fingerprint density at radius 2 is 1.74 bits per heavy atom. The number of thiazole rings is 1. The summed E-state index contributed by atoms with van der Waals surface area (Å²) in [6.07, 6.45) is 3.31. The minimum atomic E-state index is -1.05. The first kappa shape index (κ1) is 25.1. The maximum absolute atomic E-state index is 11.4. The molecule has 0 spiro atoms. The summed E-state index contributed by atoms with van der Waals surface area (Å²) in [6.45, 7) is 18.2. The molecular formula is C34H38N2O2S. The molecule has 0 saturated carbocycles. The Morgan fingerprint density at radius 1 is 1.00 bits per heavy atom. The number of hydrogen-bond acceptors (Lipinski definition) is 5. The van der Waals surface area contributed by atoms with Crippen LogP contribution in [0.4, 0.5) is 5.69 Å². The van der Waals surface area contributed by atoms with Crippen LogP contribution in [-0.4, -0.2) is 29.5 Å². The maximum atomic E-state index is 11.4. The predicted molar refractivity (Wildman–Crippen MR) is 164 cm³/mol. The highest BCUT2D eigenvalue weighted by molar-refractivity contribution is 7.20. The number of fused-ring (bicyclic) bond motifs is 5. The molecule has 1 N–H and O–H groups in total. The first-order valence-electron chi connectivity index (χ1n) is 14.2. The largest absolute Gasteiger partial charge is 0.460 e. The second kappa shape index (κ2) is 8.08. The van der Waals surface area contributed by atoms with Crippen molar-refractivity contribution in [2.45, 2.75) is 83.8 Å². The third-order valence-corrected chi connectivity index (χ3v) is 10.5. The van der Waals surface area contributed by atoms with Crippen LogP contribution < -0.4 is 9.64 Å². The van der Waals surface area contributed by atoms with Crippen molar-refractivity contribution < 1.29 is 9.84 Å². The minimum Gasteiger partial charge on any atom is -0.460 e. The number of anilines is 1. The summed E-state index contributed by atoms with van der Waals surface area (Å²) in [5, 5.41) is 14.6. The fourth-order valence-electron chi connectivity index (χ4n) is 6.69. The first-order chi connectivity index (χ1) is 18.3. The van der Waals surface area contributed by atoms with E-state index in [1.54, 1.807) is 11.3 Å². The molecule has 4 heterocycles. The van der Waals surface area contributed by atoms with E-state index >= 15 is 0 Å². The third kappa shape index (κ3) is 3.76. The molecule has 3 aliphatic rings. The van der Waals surface area contributed by atoms with Crippen molar-refractivity contribution in [2.24, 2.45) is 0 Å². The molecule has 4 nitrogen and oxygen atoms in total. The summed E-state index contributed by atoms with van der Waals surface area (Å²) in [5.41, 5.74) is 8.26. The van der Waals surface area contributed by atoms with Gasteiger partial charge in [-0.25, -0.2) is 4.98 Å². The van der Waals surface area contributed by atoms with E-state index in [0.717, 1.165) is 58.0 Å². The van der Waals surface area contributed by atoms with Gasteiger partial charge in [-0.2, -0.15) is 0 Å². The van der Waals surface area contributed by atoms with E-state index in [1.165, 1.54) is 33.2 Å². The van der Waals surface area contributed by atoms with Crippen molar-refractivity contribution in [3.8, 4) is 5.75 Å². The average molecular weight is 539 g/mol. The quantitative estimate of drug-likeness (QED) is 0.265. The molecule has 0 bridgehead atoms. The Bertz CT molecular complexity index is 1700. The molecule has 0 fully saturated rings. The SMILES string of the molecule is CC(C)(C)c1ccc2c(ccc3nc(C4=Cc5cc6c7c(c5OC4O)C(C)(C)CCN7CCC6(C)C)sc32)c1. The molecule has 3 aromatic carbocycles. The Balaban J connectivity index is 1.40. The van der Waals surface area contributed by atoms with Crippen molar-refractivity contribution in [3.63, 3.8) is 0 Å². The molecule has 1 aromatic heterocycles. The van der Waals surface area contributed by atoms with Gasteiger partial charge < -0.3 is 14.7 Å². The van der Waals surface area contributed by atoms with E-state index in [9.17, 15) is 5.11 Å². The van der Waals surface area contributed by atoms with Crippen LogP contribution >= 0.6 is 11.3 Å². The van der Waals surface area contributed by atoms with Gasteiger partial charge in [0.15, 0.2) is 0 Å². The predicted octanol–water partition coefficient (Wildman–Crippen LogP) is 8.17. The summed E-state index contributed by atoms with van der Waals surface area (Å²) in [4.78, 5) is 7.54. The molecule has 0 amide bonds. The van der Waals surface area contributed by atoms with Crippen molar-refractivity contribution in [1.29, 1.82) is 0 Å². The van der Waals surface area contributed by atoms with Gasteiger partial charge in [0.2, 0.25) is 6.29 Å². The molecular weight excluding hydrogens is 500 g/mol. The van der Waals surface area contributed by atoms with Crippen LogP contribution in [0.15, 0.2) is 36.4 Å². The highest BCUT2D eigenvalue weighted by Gasteiger charge is 2.44. The topological polar surface area (TPSA) is 45.6 Å². The molecule has 3 aliphatic heterocycles. The summed E-state index contributed by atoms with van der Waals surface area (Å²) < 4.78 is 7.59. The van der Waals surface area contributed by atoms with Gasteiger partial charge in [0.25, 0.3) is 0 Å². The number of aromatic nitrogens is 1. The molecule has 0 saturated heterocycles. The number of hydrogen-bond donors (Lipinski definition) is 1. The van der Waals surface area contributed by atoms with E-state index in [1.807, 2.05) is 0 Å². The van der Waals surface area contributed by atoms with Gasteiger partial charge in [-0.15, -0.1) is 11.3 Å². The smallest absolute Gasteiger partial charge is 0.227 e. The van der Waals surface area contributed by atoms with Crippen molar-refractivity contribution in [2.75, 3.05) is 18.0 Å². The molecule has 0 radical (unpaired) electrons. The highest BCUT2D eigenvalue weighted by atomic mass is 32.1. The van der Waals surface area contributed by atoms with E-state index < -0.39 is 6.29 Å². The van der Waals surface area contributed by atoms with Gasteiger partial charge >= 0.3 is 0 Å². The molecule has 1 atom stereocenters. The van der Waals surface area contributed by atoms with Gasteiger partial charge in [0, 0.05) is 35.3 Å². The Morgan fingerprint density at radius 3 is 2.49 bits per heavy atom. The van der Waals surface area contributed by atoms with Crippen LogP contribution in [-0.2, 0) is 16.2 Å². The highest BCUT2D eigenvalue weighted by Crippen LogP contribution is 2.55. The van der Waals surface area contributed by atoms with E-state index in [0.29, 0.717) is 0 Å². The first-order valence-corrected chi connectivity index (χ1v) is 15.0. The van der Waals surface area contributed by atoms with E-state index in [2.05, 4.69) is 95.8 Å². The molecule has 0 aliphatic carbocycles. The van der Waals surface area contributed by atoms with Crippen LogP contribution in [0.2, 0.25) is 0 Å². The monoisotopic (exact) mass is 538 g/mol.